The third kappa shape index (κ3) is 3.38. The Hall–Kier alpha value is -2.08. The molecule has 6 nitrogen and oxygen atoms in total. The van der Waals surface area contributed by atoms with Gasteiger partial charge in [0.25, 0.3) is 5.56 Å². The average Bonchev–Trinajstić information content (AvgIpc) is 3.09. The summed E-state index contributed by atoms with van der Waals surface area (Å²) in [7, 11) is 0. The largest absolute Gasteiger partial charge is 0.467 e. The molecule has 2 aromatic rings. The summed E-state index contributed by atoms with van der Waals surface area (Å²) < 4.78 is 7.12. The van der Waals surface area contributed by atoms with Crippen molar-refractivity contribution in [3.8, 4) is 0 Å². The number of nitrogens with one attached hydrogen (secondary N) is 2. The number of rotatable bonds is 4. The van der Waals surface area contributed by atoms with Gasteiger partial charge in [-0.1, -0.05) is 13.8 Å². The van der Waals surface area contributed by atoms with Crippen molar-refractivity contribution in [1.29, 1.82) is 0 Å². The van der Waals surface area contributed by atoms with Gasteiger partial charge in [0.15, 0.2) is 0 Å². The molecule has 24 heavy (non-hydrogen) atoms. The van der Waals surface area contributed by atoms with E-state index in [4.69, 9.17) is 9.40 Å². The van der Waals surface area contributed by atoms with E-state index in [1.165, 1.54) is 6.42 Å². The predicted octanol–water partition coefficient (Wildman–Crippen LogP) is 2.52. The van der Waals surface area contributed by atoms with Crippen LogP contribution in [-0.4, -0.2) is 22.1 Å². The van der Waals surface area contributed by atoms with Crippen LogP contribution in [0.5, 0.6) is 0 Å². The van der Waals surface area contributed by atoms with Crippen molar-refractivity contribution in [2.75, 3.05) is 11.9 Å². The van der Waals surface area contributed by atoms with E-state index in [2.05, 4.69) is 10.6 Å². The summed E-state index contributed by atoms with van der Waals surface area (Å²) in [6.45, 7) is 5.90. The summed E-state index contributed by atoms with van der Waals surface area (Å²) in [6.07, 6.45) is 5.98. The second-order valence-electron chi connectivity index (χ2n) is 6.03. The van der Waals surface area contributed by atoms with Crippen LogP contribution in [0, 0.1) is 0 Å². The van der Waals surface area contributed by atoms with E-state index < -0.39 is 0 Å². The lowest BCUT2D eigenvalue weighted by molar-refractivity contribution is 0.435. The van der Waals surface area contributed by atoms with E-state index in [1.807, 2.05) is 26.0 Å². The number of hydrogen-bond acceptors (Lipinski definition) is 5. The summed E-state index contributed by atoms with van der Waals surface area (Å²) in [5.41, 5.74) is 1.76. The molecular formula is C18H26N4O2. The molecule has 0 bridgehead atoms. The number of hydrogen-bond donors (Lipinski definition) is 2. The van der Waals surface area contributed by atoms with Gasteiger partial charge in [0.2, 0.25) is 5.95 Å². The van der Waals surface area contributed by atoms with Gasteiger partial charge >= 0.3 is 0 Å². The molecule has 4 rings (SSSR count). The first kappa shape index (κ1) is 16.8. The Labute approximate surface area is 142 Å². The highest BCUT2D eigenvalue weighted by Crippen LogP contribution is 2.23. The van der Waals surface area contributed by atoms with Crippen molar-refractivity contribution in [1.82, 2.24) is 14.9 Å². The molecule has 1 aliphatic heterocycles. The predicted molar refractivity (Wildman–Crippen MR) is 94.3 cm³/mol. The van der Waals surface area contributed by atoms with E-state index in [0.29, 0.717) is 25.1 Å². The number of fused-ring (bicyclic) bond motifs is 1. The molecule has 130 valence electrons. The smallest absolute Gasteiger partial charge is 0.260 e. The van der Waals surface area contributed by atoms with Gasteiger partial charge in [0, 0.05) is 25.6 Å². The van der Waals surface area contributed by atoms with Crippen molar-refractivity contribution in [2.45, 2.75) is 58.7 Å². The van der Waals surface area contributed by atoms with Crippen LogP contribution in [0.25, 0.3) is 0 Å². The molecule has 1 fully saturated rings. The SMILES string of the molecule is CC.O=c1c2c(nc(NC3CCC3)n1Cc1ccco1)CCNC2. The average molecular weight is 330 g/mol. The highest BCUT2D eigenvalue weighted by atomic mass is 16.3. The van der Waals surface area contributed by atoms with E-state index in [9.17, 15) is 4.79 Å². The number of aromatic nitrogens is 2. The molecule has 0 spiro atoms. The van der Waals surface area contributed by atoms with E-state index in [0.717, 1.165) is 42.8 Å². The van der Waals surface area contributed by atoms with Crippen LogP contribution in [0.15, 0.2) is 27.6 Å². The lowest BCUT2D eigenvalue weighted by Crippen LogP contribution is -2.38. The molecule has 0 radical (unpaired) electrons. The summed E-state index contributed by atoms with van der Waals surface area (Å²) in [4.78, 5) is 17.6. The fourth-order valence-corrected chi connectivity index (χ4v) is 2.99. The van der Waals surface area contributed by atoms with Gasteiger partial charge in [-0.05, 0) is 31.4 Å². The lowest BCUT2D eigenvalue weighted by Gasteiger charge is -2.29. The van der Waals surface area contributed by atoms with Gasteiger partial charge in [-0.3, -0.25) is 9.36 Å². The molecular weight excluding hydrogens is 304 g/mol. The Morgan fingerprint density at radius 1 is 1.42 bits per heavy atom. The highest BCUT2D eigenvalue weighted by Gasteiger charge is 2.23. The van der Waals surface area contributed by atoms with Crippen molar-refractivity contribution in [3.05, 3.63) is 45.8 Å². The molecule has 0 aromatic carbocycles. The molecule has 0 atom stereocenters. The van der Waals surface area contributed by atoms with Crippen molar-refractivity contribution in [2.24, 2.45) is 0 Å². The zero-order valence-corrected chi connectivity index (χ0v) is 14.5. The third-order valence-electron chi connectivity index (χ3n) is 4.52. The molecule has 0 amide bonds. The second-order valence-corrected chi connectivity index (χ2v) is 6.03. The first-order valence-corrected chi connectivity index (χ1v) is 8.93. The molecule has 0 unspecified atom stereocenters. The molecule has 1 aliphatic carbocycles. The second kappa shape index (κ2) is 7.66. The molecule has 2 aliphatic rings. The topological polar surface area (TPSA) is 72.1 Å². The van der Waals surface area contributed by atoms with Crippen LogP contribution in [0.1, 0.15) is 50.1 Å². The van der Waals surface area contributed by atoms with Crippen molar-refractivity contribution >= 4 is 5.95 Å². The normalized spacial score (nSPS) is 16.6. The van der Waals surface area contributed by atoms with Crippen molar-refractivity contribution < 1.29 is 4.42 Å². The minimum Gasteiger partial charge on any atom is -0.467 e. The number of nitrogens with zero attached hydrogens (tertiary/aromatic N) is 2. The lowest BCUT2D eigenvalue weighted by atomic mass is 9.93. The monoisotopic (exact) mass is 330 g/mol. The fraction of sp³-hybridized carbons (Fsp3) is 0.556. The molecule has 2 N–H and O–H groups in total. The van der Waals surface area contributed by atoms with Crippen LogP contribution in [0.3, 0.4) is 0 Å². The van der Waals surface area contributed by atoms with Crippen LogP contribution in [0.2, 0.25) is 0 Å². The van der Waals surface area contributed by atoms with Crippen LogP contribution < -0.4 is 16.2 Å². The molecule has 2 aromatic heterocycles. The quantitative estimate of drug-likeness (QED) is 0.901. The molecule has 3 heterocycles. The minimum absolute atomic E-state index is 0.0374. The summed E-state index contributed by atoms with van der Waals surface area (Å²) in [5, 5.41) is 6.69. The zero-order valence-electron chi connectivity index (χ0n) is 14.5. The number of anilines is 1. The van der Waals surface area contributed by atoms with Crippen LogP contribution >= 0.6 is 0 Å². The zero-order chi connectivity index (χ0) is 16.9. The Balaban J connectivity index is 0.000000815. The van der Waals surface area contributed by atoms with E-state index >= 15 is 0 Å². The van der Waals surface area contributed by atoms with Crippen LogP contribution in [-0.2, 0) is 19.5 Å². The molecule has 1 saturated carbocycles. The van der Waals surface area contributed by atoms with Gasteiger partial charge in [-0.2, -0.15) is 0 Å². The maximum absolute atomic E-state index is 12.8. The standard InChI is InChI=1S/C16H20N4O2.C2H6/c21-15-13-9-17-7-6-14(13)19-16(18-11-3-1-4-11)20(15)10-12-5-2-8-22-12;1-2/h2,5,8,11,17H,1,3-4,6-7,9-10H2,(H,18,19);1-2H3. The highest BCUT2D eigenvalue weighted by molar-refractivity contribution is 5.35. The summed E-state index contributed by atoms with van der Waals surface area (Å²) >= 11 is 0. The fourth-order valence-electron chi connectivity index (χ4n) is 2.99. The Bertz CT molecular complexity index is 717. The molecule has 6 heteroatoms. The Morgan fingerprint density at radius 3 is 2.92 bits per heavy atom. The Morgan fingerprint density at radius 2 is 2.25 bits per heavy atom. The first-order chi connectivity index (χ1) is 11.8. The van der Waals surface area contributed by atoms with Crippen LogP contribution in [0.4, 0.5) is 5.95 Å². The summed E-state index contributed by atoms with van der Waals surface area (Å²) in [6, 6.07) is 4.17. The maximum atomic E-state index is 12.8. The van der Waals surface area contributed by atoms with Gasteiger partial charge in [0.1, 0.15) is 5.76 Å². The van der Waals surface area contributed by atoms with Gasteiger partial charge in [-0.15, -0.1) is 0 Å². The van der Waals surface area contributed by atoms with Gasteiger partial charge in [0.05, 0.1) is 24.1 Å². The van der Waals surface area contributed by atoms with Crippen molar-refractivity contribution in [3.63, 3.8) is 0 Å². The maximum Gasteiger partial charge on any atom is 0.260 e. The van der Waals surface area contributed by atoms with E-state index in [1.54, 1.807) is 10.8 Å². The van der Waals surface area contributed by atoms with Gasteiger partial charge in [-0.25, -0.2) is 4.98 Å². The third-order valence-corrected chi connectivity index (χ3v) is 4.52. The Kier molecular flexibility index (Phi) is 5.35. The number of furan rings is 1. The summed E-state index contributed by atoms with van der Waals surface area (Å²) in [5.74, 6) is 1.45. The van der Waals surface area contributed by atoms with E-state index in [-0.39, 0.29) is 5.56 Å². The van der Waals surface area contributed by atoms with Gasteiger partial charge < -0.3 is 15.1 Å². The first-order valence-electron chi connectivity index (χ1n) is 8.93. The molecule has 0 saturated heterocycles. The minimum atomic E-state index is 0.0374.